The molecule has 4 aromatic rings. The van der Waals surface area contributed by atoms with Gasteiger partial charge in [0.15, 0.2) is 0 Å². The highest BCUT2D eigenvalue weighted by molar-refractivity contribution is 7.87. The summed E-state index contributed by atoms with van der Waals surface area (Å²) in [6.07, 6.45) is 0.585. The standard InChI is InChI=1S/C30H27F2NO4S/c1-2-29(24-8-4-3-5-9-24)30(34)33(20-22-11-13-25(31)14-12-22)21-23-7-6-10-27(19-23)37-38(35,36)28-17-15-26(32)16-18-28/h3-19,29H,2,20-21H2,1H3/t29-/m1/s1. The molecule has 4 rings (SSSR count). The van der Waals surface area contributed by atoms with E-state index in [1.54, 1.807) is 35.2 Å². The molecule has 0 aromatic heterocycles. The molecular weight excluding hydrogens is 508 g/mol. The smallest absolute Gasteiger partial charge is 0.339 e. The van der Waals surface area contributed by atoms with E-state index in [0.717, 1.165) is 35.4 Å². The molecule has 0 saturated heterocycles. The van der Waals surface area contributed by atoms with Gasteiger partial charge in [0.25, 0.3) is 0 Å². The van der Waals surface area contributed by atoms with Crippen LogP contribution in [0.4, 0.5) is 8.78 Å². The molecule has 0 saturated carbocycles. The summed E-state index contributed by atoms with van der Waals surface area (Å²) in [7, 11) is -4.18. The number of halogens is 2. The van der Waals surface area contributed by atoms with Crippen molar-refractivity contribution in [1.29, 1.82) is 0 Å². The average molecular weight is 536 g/mol. The average Bonchev–Trinajstić information content (AvgIpc) is 2.91. The molecule has 0 aliphatic carbocycles. The summed E-state index contributed by atoms with van der Waals surface area (Å²) >= 11 is 0. The summed E-state index contributed by atoms with van der Waals surface area (Å²) in [5.74, 6) is -1.34. The lowest BCUT2D eigenvalue weighted by molar-refractivity contribution is -0.134. The van der Waals surface area contributed by atoms with E-state index in [4.69, 9.17) is 4.18 Å². The van der Waals surface area contributed by atoms with Gasteiger partial charge in [-0.15, -0.1) is 0 Å². The van der Waals surface area contributed by atoms with Crippen LogP contribution in [-0.4, -0.2) is 19.2 Å². The molecule has 1 atom stereocenters. The minimum atomic E-state index is -4.18. The lowest BCUT2D eigenvalue weighted by Gasteiger charge is -2.28. The number of benzene rings is 4. The van der Waals surface area contributed by atoms with Gasteiger partial charge in [-0.05, 0) is 71.6 Å². The molecule has 0 heterocycles. The van der Waals surface area contributed by atoms with Gasteiger partial charge in [0.1, 0.15) is 22.3 Å². The zero-order valence-electron chi connectivity index (χ0n) is 20.8. The van der Waals surface area contributed by atoms with E-state index < -0.39 is 15.9 Å². The Morgan fingerprint density at radius 2 is 1.39 bits per heavy atom. The third-order valence-electron chi connectivity index (χ3n) is 6.09. The van der Waals surface area contributed by atoms with Crippen molar-refractivity contribution < 1.29 is 26.2 Å². The lowest BCUT2D eigenvalue weighted by atomic mass is 9.94. The Labute approximate surface area is 221 Å². The normalized spacial score (nSPS) is 12.1. The van der Waals surface area contributed by atoms with Crippen molar-refractivity contribution in [1.82, 2.24) is 4.90 Å². The van der Waals surface area contributed by atoms with Crippen LogP contribution in [0.1, 0.15) is 36.0 Å². The third kappa shape index (κ3) is 6.83. The minimum absolute atomic E-state index is 0.0658. The largest absolute Gasteiger partial charge is 0.379 e. The summed E-state index contributed by atoms with van der Waals surface area (Å²) in [5, 5.41) is 0. The lowest BCUT2D eigenvalue weighted by Crippen LogP contribution is -2.34. The maximum atomic E-state index is 13.8. The maximum absolute atomic E-state index is 13.8. The van der Waals surface area contributed by atoms with Crippen molar-refractivity contribution in [3.05, 3.63) is 131 Å². The van der Waals surface area contributed by atoms with Gasteiger partial charge in [-0.2, -0.15) is 8.42 Å². The molecule has 0 N–H and O–H groups in total. The summed E-state index contributed by atoms with van der Waals surface area (Å²) in [6.45, 7) is 2.36. The van der Waals surface area contributed by atoms with Gasteiger partial charge in [-0.25, -0.2) is 8.78 Å². The van der Waals surface area contributed by atoms with Gasteiger partial charge in [0.05, 0.1) is 5.92 Å². The molecule has 1 amide bonds. The van der Waals surface area contributed by atoms with Crippen molar-refractivity contribution in [2.45, 2.75) is 37.2 Å². The van der Waals surface area contributed by atoms with Crippen molar-refractivity contribution in [2.24, 2.45) is 0 Å². The van der Waals surface area contributed by atoms with E-state index in [-0.39, 0.29) is 41.4 Å². The predicted octanol–water partition coefficient (Wildman–Crippen LogP) is 6.46. The van der Waals surface area contributed by atoms with Gasteiger partial charge in [0, 0.05) is 13.1 Å². The summed E-state index contributed by atoms with van der Waals surface area (Å²) in [4.78, 5) is 15.3. The Balaban J connectivity index is 1.60. The maximum Gasteiger partial charge on any atom is 0.339 e. The van der Waals surface area contributed by atoms with Gasteiger partial charge in [-0.3, -0.25) is 4.79 Å². The van der Waals surface area contributed by atoms with E-state index in [0.29, 0.717) is 12.0 Å². The van der Waals surface area contributed by atoms with E-state index in [1.165, 1.54) is 18.2 Å². The first-order chi connectivity index (χ1) is 18.2. The fourth-order valence-electron chi connectivity index (χ4n) is 4.17. The number of carbonyl (C=O) groups is 1. The van der Waals surface area contributed by atoms with Crippen LogP contribution >= 0.6 is 0 Å². The first-order valence-corrected chi connectivity index (χ1v) is 13.5. The number of amides is 1. The first kappa shape index (κ1) is 27.0. The number of hydrogen-bond acceptors (Lipinski definition) is 4. The van der Waals surface area contributed by atoms with E-state index in [1.807, 2.05) is 37.3 Å². The van der Waals surface area contributed by atoms with Crippen LogP contribution in [-0.2, 0) is 28.0 Å². The molecule has 4 aromatic carbocycles. The Kier molecular flexibility index (Phi) is 8.53. The molecule has 196 valence electrons. The fourth-order valence-corrected chi connectivity index (χ4v) is 5.10. The summed E-state index contributed by atoms with van der Waals surface area (Å²) in [6, 6.07) is 26.3. The highest BCUT2D eigenvalue weighted by Crippen LogP contribution is 2.26. The van der Waals surface area contributed by atoms with Gasteiger partial charge >= 0.3 is 10.1 Å². The Bertz CT molecular complexity index is 1480. The monoisotopic (exact) mass is 535 g/mol. The van der Waals surface area contributed by atoms with E-state index in [9.17, 15) is 22.0 Å². The molecule has 5 nitrogen and oxygen atoms in total. The van der Waals surface area contributed by atoms with E-state index in [2.05, 4.69) is 0 Å². The van der Waals surface area contributed by atoms with Gasteiger partial charge in [0.2, 0.25) is 5.91 Å². The van der Waals surface area contributed by atoms with Crippen LogP contribution in [0.2, 0.25) is 0 Å². The zero-order chi connectivity index (χ0) is 27.1. The molecule has 38 heavy (non-hydrogen) atoms. The minimum Gasteiger partial charge on any atom is -0.379 e. The second-order valence-corrected chi connectivity index (χ2v) is 10.4. The Hall–Kier alpha value is -4.04. The fraction of sp³-hybridized carbons (Fsp3) is 0.167. The van der Waals surface area contributed by atoms with Crippen LogP contribution < -0.4 is 4.18 Å². The van der Waals surface area contributed by atoms with Crippen molar-refractivity contribution >= 4 is 16.0 Å². The van der Waals surface area contributed by atoms with Crippen LogP contribution in [0.15, 0.2) is 108 Å². The van der Waals surface area contributed by atoms with Crippen LogP contribution in [0.3, 0.4) is 0 Å². The molecule has 8 heteroatoms. The molecule has 0 radical (unpaired) electrons. The molecule has 0 spiro atoms. The Morgan fingerprint density at radius 3 is 2.03 bits per heavy atom. The predicted molar refractivity (Wildman–Crippen MR) is 141 cm³/mol. The number of hydrogen-bond donors (Lipinski definition) is 0. The van der Waals surface area contributed by atoms with Crippen LogP contribution in [0, 0.1) is 11.6 Å². The first-order valence-electron chi connectivity index (χ1n) is 12.1. The van der Waals surface area contributed by atoms with Gasteiger partial charge < -0.3 is 9.08 Å². The molecule has 0 aliphatic heterocycles. The van der Waals surface area contributed by atoms with Gasteiger partial charge in [-0.1, -0.05) is 61.5 Å². The number of nitrogens with zero attached hydrogens (tertiary/aromatic N) is 1. The highest BCUT2D eigenvalue weighted by Gasteiger charge is 2.25. The second-order valence-electron chi connectivity index (χ2n) is 8.83. The Morgan fingerprint density at radius 1 is 0.789 bits per heavy atom. The third-order valence-corrected chi connectivity index (χ3v) is 7.35. The number of rotatable bonds is 10. The summed E-state index contributed by atoms with van der Waals surface area (Å²) < 4.78 is 57.3. The molecule has 0 unspecified atom stereocenters. The SMILES string of the molecule is CC[C@@H](C(=O)N(Cc1ccc(F)cc1)Cc1cccc(OS(=O)(=O)c2ccc(F)cc2)c1)c1ccccc1. The van der Waals surface area contributed by atoms with Crippen molar-refractivity contribution in [3.8, 4) is 5.75 Å². The van der Waals surface area contributed by atoms with Crippen LogP contribution in [0.25, 0.3) is 0 Å². The molecular formula is C30H27F2NO4S. The quantitative estimate of drug-likeness (QED) is 0.219. The van der Waals surface area contributed by atoms with Crippen LogP contribution in [0.5, 0.6) is 5.75 Å². The topological polar surface area (TPSA) is 63.7 Å². The van der Waals surface area contributed by atoms with Crippen molar-refractivity contribution in [3.63, 3.8) is 0 Å². The van der Waals surface area contributed by atoms with Crippen molar-refractivity contribution in [2.75, 3.05) is 0 Å². The van der Waals surface area contributed by atoms with E-state index >= 15 is 0 Å². The summed E-state index contributed by atoms with van der Waals surface area (Å²) in [5.41, 5.74) is 2.30. The zero-order valence-corrected chi connectivity index (χ0v) is 21.6. The second kappa shape index (κ2) is 12.0. The molecule has 0 bridgehead atoms. The number of carbonyl (C=O) groups excluding carboxylic acids is 1. The highest BCUT2D eigenvalue weighted by atomic mass is 32.2. The molecule has 0 fully saturated rings. The molecule has 0 aliphatic rings.